The van der Waals surface area contributed by atoms with Gasteiger partial charge in [-0.1, -0.05) is 18.2 Å². The molecule has 1 saturated heterocycles. The first-order valence-electron chi connectivity index (χ1n) is 6.26. The van der Waals surface area contributed by atoms with Gasteiger partial charge in [-0.05, 0) is 25.3 Å². The SMILES string of the molecule is O=[N+]([O-])c1ccccc1CN1CCC[C@H](CO)C1. The number of aliphatic hydroxyl groups excluding tert-OH is 1. The summed E-state index contributed by atoms with van der Waals surface area (Å²) < 4.78 is 0. The summed E-state index contributed by atoms with van der Waals surface area (Å²) in [6, 6.07) is 6.87. The van der Waals surface area contributed by atoms with Gasteiger partial charge in [-0.2, -0.15) is 0 Å². The first-order valence-corrected chi connectivity index (χ1v) is 6.26. The highest BCUT2D eigenvalue weighted by Crippen LogP contribution is 2.23. The van der Waals surface area contributed by atoms with Gasteiger partial charge in [0.2, 0.25) is 0 Å². The van der Waals surface area contributed by atoms with E-state index in [0.29, 0.717) is 12.5 Å². The van der Waals surface area contributed by atoms with Gasteiger partial charge in [0, 0.05) is 31.3 Å². The van der Waals surface area contributed by atoms with Crippen molar-refractivity contribution in [2.75, 3.05) is 19.7 Å². The summed E-state index contributed by atoms with van der Waals surface area (Å²) in [4.78, 5) is 12.8. The number of nitro benzene ring substituents is 1. The summed E-state index contributed by atoms with van der Waals surface area (Å²) in [5, 5.41) is 20.1. The van der Waals surface area contributed by atoms with Crippen LogP contribution in [0.2, 0.25) is 0 Å². The van der Waals surface area contributed by atoms with Gasteiger partial charge in [-0.15, -0.1) is 0 Å². The Balaban J connectivity index is 2.07. The van der Waals surface area contributed by atoms with Crippen LogP contribution in [0.15, 0.2) is 24.3 Å². The van der Waals surface area contributed by atoms with Gasteiger partial charge in [-0.3, -0.25) is 15.0 Å². The van der Waals surface area contributed by atoms with Crippen LogP contribution < -0.4 is 0 Å². The van der Waals surface area contributed by atoms with Crippen molar-refractivity contribution >= 4 is 5.69 Å². The maximum atomic E-state index is 10.9. The van der Waals surface area contributed by atoms with Crippen molar-refractivity contribution in [3.8, 4) is 0 Å². The molecular formula is C13H18N2O3. The fourth-order valence-electron chi connectivity index (χ4n) is 2.51. The Morgan fingerprint density at radius 2 is 2.22 bits per heavy atom. The van der Waals surface area contributed by atoms with Crippen molar-refractivity contribution in [1.29, 1.82) is 0 Å². The second-order valence-electron chi connectivity index (χ2n) is 4.81. The van der Waals surface area contributed by atoms with E-state index in [0.717, 1.165) is 31.5 Å². The van der Waals surface area contributed by atoms with Crippen LogP contribution in [0.4, 0.5) is 5.69 Å². The van der Waals surface area contributed by atoms with Crippen molar-refractivity contribution in [2.24, 2.45) is 5.92 Å². The highest BCUT2D eigenvalue weighted by atomic mass is 16.6. The maximum absolute atomic E-state index is 10.9. The van der Waals surface area contributed by atoms with E-state index in [2.05, 4.69) is 4.90 Å². The number of hydrogen-bond acceptors (Lipinski definition) is 4. The van der Waals surface area contributed by atoms with E-state index in [4.69, 9.17) is 0 Å². The van der Waals surface area contributed by atoms with Crippen LogP contribution in [0.1, 0.15) is 18.4 Å². The topological polar surface area (TPSA) is 66.6 Å². The molecule has 1 atom stereocenters. The average molecular weight is 250 g/mol. The molecule has 1 aliphatic heterocycles. The minimum absolute atomic E-state index is 0.184. The van der Waals surface area contributed by atoms with E-state index in [1.165, 1.54) is 0 Å². The summed E-state index contributed by atoms with van der Waals surface area (Å²) in [7, 11) is 0. The molecule has 1 aromatic rings. The molecule has 0 aromatic heterocycles. The standard InChI is InChI=1S/C13H18N2O3/c16-10-11-4-3-7-14(8-11)9-12-5-1-2-6-13(12)15(17)18/h1-2,5-6,11,16H,3-4,7-10H2/t11-/m0/s1. The Labute approximate surface area is 106 Å². The van der Waals surface area contributed by atoms with E-state index >= 15 is 0 Å². The lowest BCUT2D eigenvalue weighted by atomic mass is 9.98. The Bertz CT molecular complexity index is 422. The molecule has 0 amide bonds. The highest BCUT2D eigenvalue weighted by molar-refractivity contribution is 5.39. The van der Waals surface area contributed by atoms with E-state index in [1.807, 2.05) is 6.07 Å². The minimum atomic E-state index is -0.331. The molecule has 0 bridgehead atoms. The Hall–Kier alpha value is -1.46. The lowest BCUT2D eigenvalue weighted by molar-refractivity contribution is -0.385. The summed E-state index contributed by atoms with van der Waals surface area (Å²) in [5.41, 5.74) is 0.935. The van der Waals surface area contributed by atoms with Gasteiger partial charge in [0.05, 0.1) is 4.92 Å². The molecule has 1 aromatic carbocycles. The van der Waals surface area contributed by atoms with Crippen molar-refractivity contribution in [2.45, 2.75) is 19.4 Å². The van der Waals surface area contributed by atoms with Crippen LogP contribution in [-0.2, 0) is 6.54 Å². The largest absolute Gasteiger partial charge is 0.396 e. The molecule has 1 aliphatic rings. The molecule has 98 valence electrons. The minimum Gasteiger partial charge on any atom is -0.396 e. The summed E-state index contributed by atoms with van der Waals surface area (Å²) in [6.07, 6.45) is 2.09. The number of benzene rings is 1. The van der Waals surface area contributed by atoms with E-state index in [1.54, 1.807) is 18.2 Å². The quantitative estimate of drug-likeness (QED) is 0.653. The summed E-state index contributed by atoms with van der Waals surface area (Å²) in [6.45, 7) is 2.56. The maximum Gasteiger partial charge on any atom is 0.273 e. The van der Waals surface area contributed by atoms with Gasteiger partial charge < -0.3 is 5.11 Å². The van der Waals surface area contributed by atoms with Crippen LogP contribution in [-0.4, -0.2) is 34.6 Å². The molecular weight excluding hydrogens is 232 g/mol. The van der Waals surface area contributed by atoms with Gasteiger partial charge in [-0.25, -0.2) is 0 Å². The van der Waals surface area contributed by atoms with Crippen molar-refractivity contribution in [3.05, 3.63) is 39.9 Å². The monoisotopic (exact) mass is 250 g/mol. The van der Waals surface area contributed by atoms with Crippen LogP contribution in [0, 0.1) is 16.0 Å². The number of rotatable bonds is 4. The number of nitro groups is 1. The smallest absolute Gasteiger partial charge is 0.273 e. The molecule has 0 aliphatic carbocycles. The fraction of sp³-hybridized carbons (Fsp3) is 0.538. The zero-order valence-electron chi connectivity index (χ0n) is 10.3. The molecule has 1 heterocycles. The van der Waals surface area contributed by atoms with E-state index in [9.17, 15) is 15.2 Å². The zero-order valence-corrected chi connectivity index (χ0v) is 10.3. The second-order valence-corrected chi connectivity index (χ2v) is 4.81. The molecule has 1 fully saturated rings. The van der Waals surface area contributed by atoms with Crippen molar-refractivity contribution < 1.29 is 10.0 Å². The van der Waals surface area contributed by atoms with Crippen LogP contribution >= 0.6 is 0 Å². The van der Waals surface area contributed by atoms with Gasteiger partial charge in [0.15, 0.2) is 0 Å². The number of para-hydroxylation sites is 1. The third-order valence-corrected chi connectivity index (χ3v) is 3.44. The Morgan fingerprint density at radius 3 is 2.94 bits per heavy atom. The van der Waals surface area contributed by atoms with Gasteiger partial charge in [0.25, 0.3) is 5.69 Å². The zero-order chi connectivity index (χ0) is 13.0. The Kier molecular flexibility index (Phi) is 4.28. The third-order valence-electron chi connectivity index (χ3n) is 3.44. The summed E-state index contributed by atoms with van der Waals surface area (Å²) >= 11 is 0. The van der Waals surface area contributed by atoms with Gasteiger partial charge >= 0.3 is 0 Å². The number of likely N-dealkylation sites (tertiary alicyclic amines) is 1. The number of aliphatic hydroxyl groups is 1. The highest BCUT2D eigenvalue weighted by Gasteiger charge is 2.21. The Morgan fingerprint density at radius 1 is 1.44 bits per heavy atom. The normalized spacial score (nSPS) is 20.8. The first-order chi connectivity index (χ1) is 8.70. The number of nitrogens with zero attached hydrogens (tertiary/aromatic N) is 2. The predicted octanol–water partition coefficient (Wildman–Crippen LogP) is 1.80. The molecule has 5 nitrogen and oxygen atoms in total. The number of hydrogen-bond donors (Lipinski definition) is 1. The molecule has 0 unspecified atom stereocenters. The predicted molar refractivity (Wildman–Crippen MR) is 68.2 cm³/mol. The lowest BCUT2D eigenvalue weighted by Crippen LogP contribution is -2.36. The lowest BCUT2D eigenvalue weighted by Gasteiger charge is -2.31. The molecule has 5 heteroatoms. The average Bonchev–Trinajstić information content (AvgIpc) is 2.39. The fourth-order valence-corrected chi connectivity index (χ4v) is 2.51. The van der Waals surface area contributed by atoms with Crippen molar-refractivity contribution in [3.63, 3.8) is 0 Å². The van der Waals surface area contributed by atoms with Crippen LogP contribution in [0.5, 0.6) is 0 Å². The van der Waals surface area contributed by atoms with E-state index in [-0.39, 0.29) is 17.2 Å². The summed E-state index contributed by atoms with van der Waals surface area (Å²) in [5.74, 6) is 0.307. The first kappa shape index (κ1) is 13.0. The van der Waals surface area contributed by atoms with Gasteiger partial charge in [0.1, 0.15) is 0 Å². The molecule has 0 saturated carbocycles. The van der Waals surface area contributed by atoms with E-state index < -0.39 is 0 Å². The molecule has 18 heavy (non-hydrogen) atoms. The van der Waals surface area contributed by atoms with Crippen molar-refractivity contribution in [1.82, 2.24) is 4.90 Å². The molecule has 0 spiro atoms. The second kappa shape index (κ2) is 5.93. The molecule has 0 radical (unpaired) electrons. The molecule has 1 N–H and O–H groups in total. The number of piperidine rings is 1. The molecule has 2 rings (SSSR count). The third kappa shape index (κ3) is 3.05. The van der Waals surface area contributed by atoms with Crippen LogP contribution in [0.25, 0.3) is 0 Å². The van der Waals surface area contributed by atoms with Crippen LogP contribution in [0.3, 0.4) is 0 Å².